The zero-order valence-corrected chi connectivity index (χ0v) is 17.4. The molecule has 0 bridgehead atoms. The molecule has 8 nitrogen and oxygen atoms in total. The molecule has 1 aromatic carbocycles. The largest absolute Gasteiger partial charge is 0.408 e. The van der Waals surface area contributed by atoms with Crippen LogP contribution in [0.3, 0.4) is 0 Å². The molecule has 0 aliphatic carbocycles. The first-order valence-electron chi connectivity index (χ1n) is 10.1. The summed E-state index contributed by atoms with van der Waals surface area (Å²) in [5.74, 6) is 0.316. The van der Waals surface area contributed by atoms with Gasteiger partial charge in [-0.05, 0) is 43.2 Å². The lowest BCUT2D eigenvalue weighted by Crippen LogP contribution is -2.49. The van der Waals surface area contributed by atoms with E-state index in [1.165, 1.54) is 6.07 Å². The Morgan fingerprint density at radius 2 is 1.90 bits per heavy atom. The van der Waals surface area contributed by atoms with Gasteiger partial charge in [-0.1, -0.05) is 12.0 Å². The van der Waals surface area contributed by atoms with Crippen LogP contribution in [0.1, 0.15) is 24.1 Å². The lowest BCUT2D eigenvalue weighted by atomic mass is 10.1. The zero-order valence-electron chi connectivity index (χ0n) is 17.4. The molecule has 0 unspecified atom stereocenters. The first-order chi connectivity index (χ1) is 14.4. The van der Waals surface area contributed by atoms with E-state index < -0.39 is 0 Å². The summed E-state index contributed by atoms with van der Waals surface area (Å²) >= 11 is 0. The van der Waals surface area contributed by atoms with E-state index in [4.69, 9.17) is 4.42 Å². The molecule has 0 saturated carbocycles. The van der Waals surface area contributed by atoms with E-state index in [1.54, 1.807) is 30.7 Å². The number of benzene rings is 1. The monoisotopic (exact) mass is 412 g/mol. The molecule has 1 aliphatic rings. The Labute approximate surface area is 174 Å². The van der Waals surface area contributed by atoms with Gasteiger partial charge >= 0.3 is 6.01 Å². The topological polar surface area (TPSA) is 80.3 Å². The Morgan fingerprint density at radius 1 is 1.13 bits per heavy atom. The average Bonchev–Trinajstić information content (AvgIpc) is 3.36. The quantitative estimate of drug-likeness (QED) is 0.641. The van der Waals surface area contributed by atoms with Crippen LogP contribution in [0.2, 0.25) is 0 Å². The van der Waals surface area contributed by atoms with E-state index in [2.05, 4.69) is 15.3 Å². The third-order valence-electron chi connectivity index (χ3n) is 5.38. The molecular formula is C21H25FN6O2. The molecule has 30 heavy (non-hydrogen) atoms. The zero-order chi connectivity index (χ0) is 21.3. The summed E-state index contributed by atoms with van der Waals surface area (Å²) in [7, 11) is 0. The van der Waals surface area contributed by atoms with Crippen molar-refractivity contribution in [1.82, 2.24) is 24.9 Å². The van der Waals surface area contributed by atoms with Gasteiger partial charge < -0.3 is 14.2 Å². The summed E-state index contributed by atoms with van der Waals surface area (Å²) in [4.78, 5) is 16.7. The van der Waals surface area contributed by atoms with Crippen LogP contribution in [-0.2, 0) is 17.8 Å². The van der Waals surface area contributed by atoms with Crippen molar-refractivity contribution in [2.75, 3.05) is 31.1 Å². The molecule has 1 aliphatic heterocycles. The van der Waals surface area contributed by atoms with Crippen LogP contribution in [-0.4, -0.2) is 57.0 Å². The SMILES string of the molecule is CCc1cc(-c2ccc(F)c(C)c2)nn1CC(=O)N1CCN(c2nnc(C)o2)CC1. The van der Waals surface area contributed by atoms with Crippen molar-refractivity contribution in [2.24, 2.45) is 0 Å². The predicted octanol–water partition coefficient (Wildman–Crippen LogP) is 2.60. The molecule has 1 fully saturated rings. The fourth-order valence-corrected chi connectivity index (χ4v) is 3.61. The maximum Gasteiger partial charge on any atom is 0.318 e. The minimum Gasteiger partial charge on any atom is -0.408 e. The number of piperazine rings is 1. The van der Waals surface area contributed by atoms with Gasteiger partial charge in [0, 0.05) is 44.4 Å². The van der Waals surface area contributed by atoms with Crippen molar-refractivity contribution in [3.63, 3.8) is 0 Å². The second-order valence-corrected chi connectivity index (χ2v) is 7.47. The first kappa shape index (κ1) is 20.1. The molecule has 1 amide bonds. The molecular weight excluding hydrogens is 387 g/mol. The fourth-order valence-electron chi connectivity index (χ4n) is 3.61. The summed E-state index contributed by atoms with van der Waals surface area (Å²) in [5, 5.41) is 12.5. The maximum atomic E-state index is 13.6. The van der Waals surface area contributed by atoms with Crippen molar-refractivity contribution in [1.29, 1.82) is 0 Å². The standard InChI is InChI=1S/C21H25FN6O2/c1-4-17-12-19(16-5-6-18(22)14(2)11-16)25-28(17)13-20(29)26-7-9-27(10-8-26)21-24-23-15(3)30-21/h5-6,11-12H,4,7-10,13H2,1-3H3. The number of nitrogens with zero attached hydrogens (tertiary/aromatic N) is 6. The normalized spacial score (nSPS) is 14.4. The molecule has 0 radical (unpaired) electrons. The smallest absolute Gasteiger partial charge is 0.318 e. The number of hydrogen-bond acceptors (Lipinski definition) is 6. The number of amides is 1. The predicted molar refractivity (Wildman–Crippen MR) is 110 cm³/mol. The van der Waals surface area contributed by atoms with Gasteiger partial charge in [0.15, 0.2) is 0 Å². The number of anilines is 1. The van der Waals surface area contributed by atoms with Gasteiger partial charge in [0.25, 0.3) is 0 Å². The van der Waals surface area contributed by atoms with Gasteiger partial charge in [-0.2, -0.15) is 5.10 Å². The molecule has 2 aromatic heterocycles. The number of halogens is 1. The van der Waals surface area contributed by atoms with Crippen LogP contribution in [0.4, 0.5) is 10.4 Å². The van der Waals surface area contributed by atoms with Gasteiger partial charge in [-0.3, -0.25) is 9.48 Å². The lowest BCUT2D eigenvalue weighted by Gasteiger charge is -2.33. The summed E-state index contributed by atoms with van der Waals surface area (Å²) in [6.07, 6.45) is 0.755. The Balaban J connectivity index is 1.43. The third kappa shape index (κ3) is 4.05. The third-order valence-corrected chi connectivity index (χ3v) is 5.38. The first-order valence-corrected chi connectivity index (χ1v) is 10.1. The maximum absolute atomic E-state index is 13.6. The lowest BCUT2D eigenvalue weighted by molar-refractivity contribution is -0.132. The highest BCUT2D eigenvalue weighted by molar-refractivity contribution is 5.76. The van der Waals surface area contributed by atoms with Gasteiger partial charge in [-0.15, -0.1) is 5.10 Å². The van der Waals surface area contributed by atoms with Crippen LogP contribution < -0.4 is 4.90 Å². The van der Waals surface area contributed by atoms with Gasteiger partial charge in [0.1, 0.15) is 12.4 Å². The van der Waals surface area contributed by atoms with Gasteiger partial charge in [0.2, 0.25) is 11.8 Å². The van der Waals surface area contributed by atoms with Crippen molar-refractivity contribution in [2.45, 2.75) is 33.7 Å². The number of carbonyl (C=O) groups excluding carboxylic acids is 1. The van der Waals surface area contributed by atoms with E-state index >= 15 is 0 Å². The van der Waals surface area contributed by atoms with Crippen LogP contribution in [0, 0.1) is 19.7 Å². The summed E-state index contributed by atoms with van der Waals surface area (Å²) in [5.41, 5.74) is 3.14. The van der Waals surface area contributed by atoms with Crippen molar-refractivity contribution < 1.29 is 13.6 Å². The summed E-state index contributed by atoms with van der Waals surface area (Å²) in [6.45, 7) is 8.18. The van der Waals surface area contributed by atoms with E-state index in [9.17, 15) is 9.18 Å². The number of rotatable bonds is 5. The highest BCUT2D eigenvalue weighted by Crippen LogP contribution is 2.22. The molecule has 9 heteroatoms. The van der Waals surface area contributed by atoms with Gasteiger partial charge in [0.05, 0.1) is 5.69 Å². The second kappa shape index (κ2) is 8.25. The number of hydrogen-bond donors (Lipinski definition) is 0. The second-order valence-electron chi connectivity index (χ2n) is 7.47. The Hall–Kier alpha value is -3.23. The van der Waals surface area contributed by atoms with E-state index in [1.807, 2.05) is 22.8 Å². The molecule has 4 rings (SSSR count). The summed E-state index contributed by atoms with van der Waals surface area (Å²) < 4.78 is 20.8. The van der Waals surface area contributed by atoms with Crippen LogP contribution in [0.5, 0.6) is 0 Å². The fraction of sp³-hybridized carbons (Fsp3) is 0.429. The molecule has 0 spiro atoms. The van der Waals surface area contributed by atoms with E-state index in [0.29, 0.717) is 43.6 Å². The number of aryl methyl sites for hydroxylation is 3. The van der Waals surface area contributed by atoms with Crippen LogP contribution >= 0.6 is 0 Å². The van der Waals surface area contributed by atoms with Crippen molar-refractivity contribution >= 4 is 11.9 Å². The molecule has 0 N–H and O–H groups in total. The van der Waals surface area contributed by atoms with Crippen LogP contribution in [0.25, 0.3) is 11.3 Å². The molecule has 1 saturated heterocycles. The molecule has 3 aromatic rings. The highest BCUT2D eigenvalue weighted by Gasteiger charge is 2.25. The number of aromatic nitrogens is 4. The molecule has 3 heterocycles. The minimum absolute atomic E-state index is 0.0241. The molecule has 0 atom stereocenters. The van der Waals surface area contributed by atoms with E-state index in [0.717, 1.165) is 23.4 Å². The average molecular weight is 412 g/mol. The number of carbonyl (C=O) groups is 1. The summed E-state index contributed by atoms with van der Waals surface area (Å²) in [6, 6.07) is 7.41. The van der Waals surface area contributed by atoms with E-state index in [-0.39, 0.29) is 18.3 Å². The van der Waals surface area contributed by atoms with Gasteiger partial charge in [-0.25, -0.2) is 4.39 Å². The van der Waals surface area contributed by atoms with Crippen molar-refractivity contribution in [3.8, 4) is 11.3 Å². The Kier molecular flexibility index (Phi) is 5.52. The highest BCUT2D eigenvalue weighted by atomic mass is 19.1. The van der Waals surface area contributed by atoms with Crippen molar-refractivity contribution in [3.05, 3.63) is 47.2 Å². The Morgan fingerprint density at radius 3 is 2.53 bits per heavy atom. The Bertz CT molecular complexity index is 1050. The minimum atomic E-state index is -0.237. The van der Waals surface area contributed by atoms with Crippen LogP contribution in [0.15, 0.2) is 28.7 Å². The molecule has 158 valence electrons.